The molecule has 0 saturated carbocycles. The molecule has 0 radical (unpaired) electrons. The summed E-state index contributed by atoms with van der Waals surface area (Å²) >= 11 is 0. The maximum absolute atomic E-state index is 11.6. The second-order valence-corrected chi connectivity index (χ2v) is 7.30. The van der Waals surface area contributed by atoms with Gasteiger partial charge in [-0.3, -0.25) is 14.5 Å². The van der Waals surface area contributed by atoms with Crippen LogP contribution >= 0.6 is 0 Å². The zero-order valence-corrected chi connectivity index (χ0v) is 17.7. The molecule has 1 amide bonds. The highest BCUT2D eigenvalue weighted by Gasteiger charge is 2.13. The van der Waals surface area contributed by atoms with Crippen LogP contribution in [0.4, 0.5) is 5.69 Å². The van der Waals surface area contributed by atoms with E-state index < -0.39 is 0 Å². The maximum Gasteiger partial charge on any atom is 0.247 e. The molecule has 5 rings (SSSR count). The number of hydrogen-bond donors (Lipinski definition) is 2. The van der Waals surface area contributed by atoms with Gasteiger partial charge in [0.05, 0.1) is 12.4 Å². The lowest BCUT2D eigenvalue weighted by molar-refractivity contribution is -0.111. The van der Waals surface area contributed by atoms with E-state index in [9.17, 15) is 4.79 Å². The average Bonchev–Trinajstić information content (AvgIpc) is 3.45. The van der Waals surface area contributed by atoms with Gasteiger partial charge in [0.25, 0.3) is 0 Å². The minimum Gasteiger partial charge on any atom is -0.437 e. The fraction of sp³-hybridized carbons (Fsp3) is 0.0417. The summed E-state index contributed by atoms with van der Waals surface area (Å²) in [7, 11) is 1.88. The van der Waals surface area contributed by atoms with Crippen molar-refractivity contribution >= 4 is 22.8 Å². The molecular weight excluding hydrogens is 418 g/mol. The quantitative estimate of drug-likeness (QED) is 0.383. The molecule has 9 heteroatoms. The van der Waals surface area contributed by atoms with E-state index in [0.29, 0.717) is 28.5 Å². The topological polar surface area (TPSA) is 111 Å². The zero-order chi connectivity index (χ0) is 22.8. The molecule has 0 saturated heterocycles. The van der Waals surface area contributed by atoms with Gasteiger partial charge in [0.2, 0.25) is 11.8 Å². The molecule has 0 unspecified atom stereocenters. The number of carbonyl (C=O) groups excluding carboxylic acids is 1. The van der Waals surface area contributed by atoms with Gasteiger partial charge in [0.1, 0.15) is 11.3 Å². The van der Waals surface area contributed by atoms with Crippen molar-refractivity contribution in [2.24, 2.45) is 7.05 Å². The summed E-state index contributed by atoms with van der Waals surface area (Å²) in [5.74, 6) is 0.544. The highest BCUT2D eigenvalue weighted by atomic mass is 16.5. The summed E-state index contributed by atoms with van der Waals surface area (Å²) in [4.78, 5) is 28.2. The van der Waals surface area contributed by atoms with Crippen LogP contribution in [0.5, 0.6) is 11.6 Å². The molecular formula is C24H19N7O2. The number of nitrogens with zero attached hydrogens (tertiary/aromatic N) is 5. The van der Waals surface area contributed by atoms with Crippen LogP contribution in [-0.2, 0) is 11.8 Å². The summed E-state index contributed by atoms with van der Waals surface area (Å²) < 4.78 is 7.66. The minimum absolute atomic E-state index is 0.299. The first kappa shape index (κ1) is 20.1. The van der Waals surface area contributed by atoms with E-state index in [1.807, 2.05) is 25.5 Å². The number of carbonyl (C=O) groups is 1. The molecule has 9 nitrogen and oxygen atoms in total. The van der Waals surface area contributed by atoms with Crippen molar-refractivity contribution in [2.75, 3.05) is 5.32 Å². The summed E-state index contributed by atoms with van der Waals surface area (Å²) in [6, 6.07) is 9.04. The average molecular weight is 437 g/mol. The van der Waals surface area contributed by atoms with Crippen LogP contribution in [0.25, 0.3) is 33.4 Å². The Balaban J connectivity index is 1.46. The number of pyridine rings is 1. The number of hydrogen-bond acceptors (Lipinski definition) is 6. The first-order valence-electron chi connectivity index (χ1n) is 10.1. The third-order valence-electron chi connectivity index (χ3n) is 4.96. The smallest absolute Gasteiger partial charge is 0.247 e. The third-order valence-corrected chi connectivity index (χ3v) is 4.96. The first-order chi connectivity index (χ1) is 16.1. The molecule has 0 atom stereocenters. The van der Waals surface area contributed by atoms with Crippen LogP contribution < -0.4 is 10.1 Å². The Hall–Kier alpha value is -4.79. The Labute approximate surface area is 188 Å². The molecule has 33 heavy (non-hydrogen) atoms. The van der Waals surface area contributed by atoms with Crippen LogP contribution in [-0.4, -0.2) is 35.6 Å². The number of aromatic amines is 1. The van der Waals surface area contributed by atoms with E-state index in [-0.39, 0.29) is 5.91 Å². The zero-order valence-electron chi connectivity index (χ0n) is 17.7. The SMILES string of the molecule is C=CC(=O)Nc1cccc(Oc2cnc3[nH]cc(-c4cncc(-c5cnn(C)c5)c4)c3n2)c1. The van der Waals surface area contributed by atoms with E-state index in [1.165, 1.54) is 6.08 Å². The first-order valence-corrected chi connectivity index (χ1v) is 10.1. The van der Waals surface area contributed by atoms with E-state index in [2.05, 4.69) is 36.9 Å². The molecule has 5 aromatic rings. The van der Waals surface area contributed by atoms with Crippen molar-refractivity contribution in [3.8, 4) is 33.9 Å². The van der Waals surface area contributed by atoms with Crippen LogP contribution in [0.1, 0.15) is 0 Å². The number of nitrogens with one attached hydrogen (secondary N) is 2. The van der Waals surface area contributed by atoms with Gasteiger partial charge in [-0.1, -0.05) is 12.6 Å². The number of aromatic nitrogens is 6. The predicted molar refractivity (Wildman–Crippen MR) is 125 cm³/mol. The Morgan fingerprint density at radius 1 is 1.15 bits per heavy atom. The fourth-order valence-electron chi connectivity index (χ4n) is 3.41. The van der Waals surface area contributed by atoms with Crippen LogP contribution in [0, 0.1) is 0 Å². The lowest BCUT2D eigenvalue weighted by atomic mass is 10.1. The minimum atomic E-state index is -0.299. The largest absolute Gasteiger partial charge is 0.437 e. The summed E-state index contributed by atoms with van der Waals surface area (Å²) in [6.45, 7) is 3.45. The summed E-state index contributed by atoms with van der Waals surface area (Å²) in [6.07, 6.45) is 11.9. The molecule has 0 bridgehead atoms. The monoisotopic (exact) mass is 437 g/mol. The Bertz CT molecular complexity index is 1490. The van der Waals surface area contributed by atoms with Crippen LogP contribution in [0.2, 0.25) is 0 Å². The Morgan fingerprint density at radius 3 is 2.85 bits per heavy atom. The summed E-state index contributed by atoms with van der Waals surface area (Å²) in [5.41, 5.74) is 5.56. The van der Waals surface area contributed by atoms with Gasteiger partial charge in [-0.05, 0) is 24.3 Å². The van der Waals surface area contributed by atoms with Gasteiger partial charge in [0, 0.05) is 65.8 Å². The van der Waals surface area contributed by atoms with E-state index >= 15 is 0 Å². The van der Waals surface area contributed by atoms with Crippen molar-refractivity contribution in [2.45, 2.75) is 0 Å². The molecule has 4 heterocycles. The normalized spacial score (nSPS) is 10.8. The number of ether oxygens (including phenoxy) is 1. The molecule has 0 fully saturated rings. The number of rotatable bonds is 6. The molecule has 2 N–H and O–H groups in total. The van der Waals surface area contributed by atoms with Crippen molar-refractivity contribution in [3.05, 3.63) is 80.2 Å². The van der Waals surface area contributed by atoms with Gasteiger partial charge >= 0.3 is 0 Å². The number of fused-ring (bicyclic) bond motifs is 1. The van der Waals surface area contributed by atoms with Gasteiger partial charge in [-0.15, -0.1) is 0 Å². The predicted octanol–water partition coefficient (Wildman–Crippen LogP) is 4.34. The second kappa shape index (κ2) is 8.39. The highest BCUT2D eigenvalue weighted by Crippen LogP contribution is 2.31. The number of anilines is 1. The van der Waals surface area contributed by atoms with Crippen LogP contribution in [0.3, 0.4) is 0 Å². The van der Waals surface area contributed by atoms with Gasteiger partial charge < -0.3 is 15.0 Å². The van der Waals surface area contributed by atoms with Crippen molar-refractivity contribution in [1.29, 1.82) is 0 Å². The molecule has 1 aromatic carbocycles. The third kappa shape index (κ3) is 4.19. The molecule has 162 valence electrons. The second-order valence-electron chi connectivity index (χ2n) is 7.30. The van der Waals surface area contributed by atoms with Crippen molar-refractivity contribution in [3.63, 3.8) is 0 Å². The molecule has 0 spiro atoms. The van der Waals surface area contributed by atoms with Crippen LogP contribution in [0.15, 0.2) is 80.2 Å². The molecule has 0 aliphatic rings. The van der Waals surface area contributed by atoms with Gasteiger partial charge in [0.15, 0.2) is 5.65 Å². The molecule has 4 aromatic heterocycles. The molecule has 0 aliphatic carbocycles. The van der Waals surface area contributed by atoms with Gasteiger partial charge in [-0.2, -0.15) is 5.10 Å². The standard InChI is InChI=1S/C24H19N7O2/c1-3-21(32)29-18-5-4-6-19(8-18)33-22-13-27-24-23(30-22)20(12-26-24)16-7-15(9-25-10-16)17-11-28-31(2)14-17/h3-14H,1H2,2H3,(H,26,27)(H,29,32). The number of H-pyrrole nitrogens is 1. The Morgan fingerprint density at radius 2 is 2.03 bits per heavy atom. The van der Waals surface area contributed by atoms with Crippen molar-refractivity contribution < 1.29 is 9.53 Å². The van der Waals surface area contributed by atoms with E-state index in [1.54, 1.807) is 53.7 Å². The molecule has 0 aliphatic heterocycles. The fourth-order valence-corrected chi connectivity index (χ4v) is 3.41. The lowest BCUT2D eigenvalue weighted by Gasteiger charge is -2.08. The number of amides is 1. The number of aryl methyl sites for hydroxylation is 1. The summed E-state index contributed by atoms with van der Waals surface area (Å²) in [5, 5.41) is 6.93. The lowest BCUT2D eigenvalue weighted by Crippen LogP contribution is -2.07. The van der Waals surface area contributed by atoms with Crippen molar-refractivity contribution in [1.82, 2.24) is 29.7 Å². The van der Waals surface area contributed by atoms with E-state index in [4.69, 9.17) is 4.74 Å². The maximum atomic E-state index is 11.6. The number of benzene rings is 1. The van der Waals surface area contributed by atoms with Gasteiger partial charge in [-0.25, -0.2) is 9.97 Å². The van der Waals surface area contributed by atoms with E-state index in [0.717, 1.165) is 22.3 Å². The highest BCUT2D eigenvalue weighted by molar-refractivity contribution is 5.99. The Kier molecular flexibility index (Phi) is 5.12.